The maximum atomic E-state index is 10.4. The maximum Gasteiger partial charge on any atom is 0.404 e. The van der Waals surface area contributed by atoms with Crippen LogP contribution in [0.5, 0.6) is 0 Å². The molecular weight excluding hydrogens is 180 g/mol. The molecule has 0 aromatic carbocycles. The van der Waals surface area contributed by atoms with Crippen LogP contribution in [-0.4, -0.2) is 42.8 Å². The molecule has 1 unspecified atom stereocenters. The largest absolute Gasteiger partial charge is 0.465 e. The Balaban J connectivity index is 2.43. The molecule has 14 heavy (non-hydrogen) atoms. The van der Waals surface area contributed by atoms with Crippen molar-refractivity contribution in [2.24, 2.45) is 11.3 Å². The number of hydrogen-bond acceptors (Lipinski definition) is 2. The monoisotopic (exact) mass is 200 g/mol. The Hall–Kier alpha value is -0.770. The SMILES string of the molecule is CN1CCC(C(C)(C)CNC(=O)O)C1. The fraction of sp³-hybridized carbons (Fsp3) is 0.900. The van der Waals surface area contributed by atoms with E-state index in [1.807, 2.05) is 0 Å². The van der Waals surface area contributed by atoms with Crippen molar-refractivity contribution in [1.82, 2.24) is 10.2 Å². The highest BCUT2D eigenvalue weighted by molar-refractivity contribution is 5.64. The second kappa shape index (κ2) is 4.17. The maximum absolute atomic E-state index is 10.4. The number of hydrogen-bond donors (Lipinski definition) is 2. The summed E-state index contributed by atoms with van der Waals surface area (Å²) in [6.07, 6.45) is 0.245. The predicted molar refractivity (Wildman–Crippen MR) is 55.4 cm³/mol. The summed E-state index contributed by atoms with van der Waals surface area (Å²) in [6.45, 7) is 7.01. The number of carboxylic acid groups (broad SMARTS) is 1. The normalized spacial score (nSPS) is 23.8. The third kappa shape index (κ3) is 2.87. The lowest BCUT2D eigenvalue weighted by Crippen LogP contribution is -2.38. The fourth-order valence-corrected chi connectivity index (χ4v) is 2.02. The van der Waals surface area contributed by atoms with E-state index in [9.17, 15) is 4.79 Å². The molecule has 0 aromatic rings. The number of amides is 1. The minimum atomic E-state index is -0.926. The van der Waals surface area contributed by atoms with Crippen LogP contribution in [0.15, 0.2) is 0 Å². The Morgan fingerprint density at radius 3 is 2.71 bits per heavy atom. The minimum absolute atomic E-state index is 0.0587. The van der Waals surface area contributed by atoms with Crippen molar-refractivity contribution in [2.75, 3.05) is 26.7 Å². The van der Waals surface area contributed by atoms with E-state index < -0.39 is 6.09 Å². The molecular formula is C10H20N2O2. The zero-order chi connectivity index (χ0) is 10.8. The lowest BCUT2D eigenvalue weighted by atomic mass is 9.78. The van der Waals surface area contributed by atoms with Gasteiger partial charge in [0, 0.05) is 13.1 Å². The molecule has 0 aromatic heterocycles. The van der Waals surface area contributed by atoms with E-state index in [0.717, 1.165) is 13.1 Å². The standard InChI is InChI=1S/C10H20N2O2/c1-10(2,7-11-9(13)14)8-4-5-12(3)6-8/h8,11H,4-7H2,1-3H3,(H,13,14). The van der Waals surface area contributed by atoms with Crippen LogP contribution in [0, 0.1) is 11.3 Å². The average Bonchev–Trinajstić information content (AvgIpc) is 2.49. The van der Waals surface area contributed by atoms with Crippen LogP contribution >= 0.6 is 0 Å². The Kier molecular flexibility index (Phi) is 3.37. The van der Waals surface area contributed by atoms with E-state index in [-0.39, 0.29) is 5.41 Å². The number of carbonyl (C=O) groups is 1. The zero-order valence-corrected chi connectivity index (χ0v) is 9.21. The molecule has 4 nitrogen and oxygen atoms in total. The predicted octanol–water partition coefficient (Wildman–Crippen LogP) is 1.23. The van der Waals surface area contributed by atoms with Crippen LogP contribution in [0.2, 0.25) is 0 Å². The van der Waals surface area contributed by atoms with Gasteiger partial charge in [-0.3, -0.25) is 0 Å². The topological polar surface area (TPSA) is 52.6 Å². The highest BCUT2D eigenvalue weighted by Gasteiger charge is 2.33. The van der Waals surface area contributed by atoms with Gasteiger partial charge in [0.15, 0.2) is 0 Å². The first-order chi connectivity index (χ1) is 6.42. The molecule has 0 spiro atoms. The first-order valence-electron chi connectivity index (χ1n) is 5.07. The van der Waals surface area contributed by atoms with Crippen LogP contribution in [0.3, 0.4) is 0 Å². The quantitative estimate of drug-likeness (QED) is 0.720. The highest BCUT2D eigenvalue weighted by Crippen LogP contribution is 2.32. The summed E-state index contributed by atoms with van der Waals surface area (Å²) < 4.78 is 0. The summed E-state index contributed by atoms with van der Waals surface area (Å²) in [6, 6.07) is 0. The molecule has 0 aliphatic carbocycles. The average molecular weight is 200 g/mol. The van der Waals surface area contributed by atoms with Gasteiger partial charge in [0.05, 0.1) is 0 Å². The minimum Gasteiger partial charge on any atom is -0.465 e. The summed E-state index contributed by atoms with van der Waals surface area (Å²) in [7, 11) is 2.11. The zero-order valence-electron chi connectivity index (χ0n) is 9.21. The Morgan fingerprint density at radius 2 is 2.29 bits per heavy atom. The van der Waals surface area contributed by atoms with Crippen molar-refractivity contribution >= 4 is 6.09 Å². The number of nitrogens with zero attached hydrogens (tertiary/aromatic N) is 1. The van der Waals surface area contributed by atoms with Gasteiger partial charge in [0.2, 0.25) is 0 Å². The van der Waals surface area contributed by atoms with E-state index in [4.69, 9.17) is 5.11 Å². The van der Waals surface area contributed by atoms with Crippen LogP contribution in [-0.2, 0) is 0 Å². The molecule has 1 amide bonds. The van der Waals surface area contributed by atoms with Crippen LogP contribution in [0.1, 0.15) is 20.3 Å². The molecule has 1 fully saturated rings. The van der Waals surface area contributed by atoms with Crippen molar-refractivity contribution in [1.29, 1.82) is 0 Å². The van der Waals surface area contributed by atoms with Crippen molar-refractivity contribution < 1.29 is 9.90 Å². The summed E-state index contributed by atoms with van der Waals surface area (Å²) >= 11 is 0. The lowest BCUT2D eigenvalue weighted by Gasteiger charge is -2.31. The lowest BCUT2D eigenvalue weighted by molar-refractivity contribution is 0.171. The van der Waals surface area contributed by atoms with Gasteiger partial charge < -0.3 is 15.3 Å². The van der Waals surface area contributed by atoms with E-state index in [2.05, 4.69) is 31.1 Å². The van der Waals surface area contributed by atoms with Gasteiger partial charge in [-0.05, 0) is 31.3 Å². The molecule has 0 radical (unpaired) electrons. The van der Waals surface area contributed by atoms with Crippen LogP contribution in [0.25, 0.3) is 0 Å². The second-order valence-corrected chi connectivity index (χ2v) is 4.90. The van der Waals surface area contributed by atoms with Gasteiger partial charge in [-0.25, -0.2) is 4.79 Å². The molecule has 1 heterocycles. The van der Waals surface area contributed by atoms with Gasteiger partial charge in [-0.2, -0.15) is 0 Å². The molecule has 0 bridgehead atoms. The van der Waals surface area contributed by atoms with E-state index in [1.54, 1.807) is 0 Å². The van der Waals surface area contributed by atoms with Crippen molar-refractivity contribution in [3.05, 3.63) is 0 Å². The smallest absolute Gasteiger partial charge is 0.404 e. The Labute approximate surface area is 85.3 Å². The van der Waals surface area contributed by atoms with Crippen molar-refractivity contribution in [3.63, 3.8) is 0 Å². The molecule has 4 heteroatoms. The van der Waals surface area contributed by atoms with E-state index >= 15 is 0 Å². The van der Waals surface area contributed by atoms with E-state index in [0.29, 0.717) is 12.5 Å². The summed E-state index contributed by atoms with van der Waals surface area (Å²) in [5.41, 5.74) is 0.0587. The molecule has 82 valence electrons. The third-order valence-corrected chi connectivity index (χ3v) is 3.19. The Morgan fingerprint density at radius 1 is 1.64 bits per heavy atom. The summed E-state index contributed by atoms with van der Waals surface area (Å²) in [4.78, 5) is 12.7. The van der Waals surface area contributed by atoms with Crippen molar-refractivity contribution in [3.8, 4) is 0 Å². The van der Waals surface area contributed by atoms with Crippen molar-refractivity contribution in [2.45, 2.75) is 20.3 Å². The van der Waals surface area contributed by atoms with Gasteiger partial charge >= 0.3 is 6.09 Å². The molecule has 1 saturated heterocycles. The number of likely N-dealkylation sites (tertiary alicyclic amines) is 1. The number of rotatable bonds is 3. The first kappa shape index (κ1) is 11.3. The van der Waals surface area contributed by atoms with Crippen LogP contribution in [0.4, 0.5) is 4.79 Å². The van der Waals surface area contributed by atoms with Gasteiger partial charge in [-0.15, -0.1) is 0 Å². The van der Waals surface area contributed by atoms with Crippen LogP contribution < -0.4 is 5.32 Å². The van der Waals surface area contributed by atoms with E-state index in [1.165, 1.54) is 6.42 Å². The fourth-order valence-electron chi connectivity index (χ4n) is 2.02. The molecule has 1 atom stereocenters. The van der Waals surface area contributed by atoms with Gasteiger partial charge in [0.1, 0.15) is 0 Å². The second-order valence-electron chi connectivity index (χ2n) is 4.90. The summed E-state index contributed by atoms with van der Waals surface area (Å²) in [5.74, 6) is 0.597. The Bertz CT molecular complexity index is 216. The first-order valence-corrected chi connectivity index (χ1v) is 5.07. The highest BCUT2D eigenvalue weighted by atomic mass is 16.4. The molecule has 1 aliphatic heterocycles. The summed E-state index contributed by atoms with van der Waals surface area (Å²) in [5, 5.41) is 11.0. The molecule has 1 aliphatic rings. The number of nitrogens with one attached hydrogen (secondary N) is 1. The van der Waals surface area contributed by atoms with Gasteiger partial charge in [-0.1, -0.05) is 13.8 Å². The molecule has 2 N–H and O–H groups in total. The third-order valence-electron chi connectivity index (χ3n) is 3.19. The van der Waals surface area contributed by atoms with Gasteiger partial charge in [0.25, 0.3) is 0 Å². The molecule has 0 saturated carbocycles. The molecule has 1 rings (SSSR count).